The molecule has 1 aliphatic heterocycles. The predicted octanol–water partition coefficient (Wildman–Crippen LogP) is 1.69. The molecule has 1 aromatic heterocycles. The minimum atomic E-state index is -0.867. The van der Waals surface area contributed by atoms with E-state index in [0.29, 0.717) is 23.4 Å². The van der Waals surface area contributed by atoms with Crippen LogP contribution < -0.4 is 5.32 Å². The molecule has 4 rings (SSSR count). The van der Waals surface area contributed by atoms with Gasteiger partial charge in [0.25, 0.3) is 5.91 Å². The van der Waals surface area contributed by atoms with E-state index < -0.39 is 12.1 Å². The standard InChI is InChI=1S/C18H15N5O3/c1-11-5-6-15-12(7-11)8-16(26-18(15)25)17(24)20-13-3-2-4-14(9-13)23-10-19-21-22-23/h2-7,9-10,16H,8H2,1H3,(H,20,24). The molecule has 0 bridgehead atoms. The highest BCUT2D eigenvalue weighted by Crippen LogP contribution is 2.23. The van der Waals surface area contributed by atoms with Gasteiger partial charge in [-0.15, -0.1) is 5.10 Å². The Morgan fingerprint density at radius 1 is 1.27 bits per heavy atom. The molecule has 1 amide bonds. The number of anilines is 1. The first-order valence-electron chi connectivity index (χ1n) is 8.05. The zero-order chi connectivity index (χ0) is 18.1. The molecule has 0 saturated heterocycles. The van der Waals surface area contributed by atoms with Crippen LogP contribution >= 0.6 is 0 Å². The van der Waals surface area contributed by atoms with Crippen LogP contribution in [0.3, 0.4) is 0 Å². The average Bonchev–Trinajstić information content (AvgIpc) is 3.16. The summed E-state index contributed by atoms with van der Waals surface area (Å²) < 4.78 is 6.78. The second-order valence-electron chi connectivity index (χ2n) is 6.05. The molecule has 3 aromatic rings. The lowest BCUT2D eigenvalue weighted by Crippen LogP contribution is -2.38. The number of nitrogens with zero attached hydrogens (tertiary/aromatic N) is 4. The molecule has 1 aliphatic rings. The number of amides is 1. The van der Waals surface area contributed by atoms with Gasteiger partial charge in [0.1, 0.15) is 6.33 Å². The Hall–Kier alpha value is -3.55. The summed E-state index contributed by atoms with van der Waals surface area (Å²) in [4.78, 5) is 24.7. The number of carbonyl (C=O) groups excluding carboxylic acids is 2. The molecule has 8 nitrogen and oxygen atoms in total. The van der Waals surface area contributed by atoms with Crippen LogP contribution in [0.4, 0.5) is 5.69 Å². The second kappa shape index (κ2) is 6.40. The topological polar surface area (TPSA) is 99.0 Å². The van der Waals surface area contributed by atoms with Crippen molar-refractivity contribution in [2.24, 2.45) is 0 Å². The maximum Gasteiger partial charge on any atom is 0.339 e. The van der Waals surface area contributed by atoms with Crippen LogP contribution in [0.15, 0.2) is 48.8 Å². The molecule has 0 spiro atoms. The van der Waals surface area contributed by atoms with E-state index in [1.807, 2.05) is 25.1 Å². The highest BCUT2D eigenvalue weighted by Gasteiger charge is 2.31. The largest absolute Gasteiger partial charge is 0.448 e. The van der Waals surface area contributed by atoms with Crippen molar-refractivity contribution in [2.45, 2.75) is 19.4 Å². The summed E-state index contributed by atoms with van der Waals surface area (Å²) in [7, 11) is 0. The number of rotatable bonds is 3. The number of hydrogen-bond donors (Lipinski definition) is 1. The molecule has 26 heavy (non-hydrogen) atoms. The van der Waals surface area contributed by atoms with E-state index in [1.165, 1.54) is 11.0 Å². The fraction of sp³-hybridized carbons (Fsp3) is 0.167. The van der Waals surface area contributed by atoms with Crippen LogP contribution in [0.2, 0.25) is 0 Å². The molecule has 130 valence electrons. The number of hydrogen-bond acceptors (Lipinski definition) is 6. The van der Waals surface area contributed by atoms with E-state index >= 15 is 0 Å². The number of tetrazole rings is 1. The normalized spacial score (nSPS) is 15.9. The Balaban J connectivity index is 1.52. The van der Waals surface area contributed by atoms with Crippen LogP contribution in [-0.4, -0.2) is 38.2 Å². The Labute approximate surface area is 148 Å². The van der Waals surface area contributed by atoms with Crippen LogP contribution in [0.25, 0.3) is 5.69 Å². The zero-order valence-corrected chi connectivity index (χ0v) is 13.9. The maximum absolute atomic E-state index is 12.6. The van der Waals surface area contributed by atoms with Gasteiger partial charge in [0.05, 0.1) is 11.3 Å². The number of fused-ring (bicyclic) bond motifs is 1. The van der Waals surface area contributed by atoms with Crippen molar-refractivity contribution in [3.05, 3.63) is 65.5 Å². The van der Waals surface area contributed by atoms with E-state index in [2.05, 4.69) is 20.8 Å². The summed E-state index contributed by atoms with van der Waals surface area (Å²) >= 11 is 0. The molecule has 0 saturated carbocycles. The number of nitrogens with one attached hydrogen (secondary N) is 1. The molecule has 0 aliphatic carbocycles. The number of aromatic nitrogens is 4. The van der Waals surface area contributed by atoms with E-state index in [9.17, 15) is 9.59 Å². The summed E-state index contributed by atoms with van der Waals surface area (Å²) in [5.74, 6) is -0.854. The van der Waals surface area contributed by atoms with Crippen LogP contribution in [0.1, 0.15) is 21.5 Å². The van der Waals surface area contributed by atoms with Crippen molar-refractivity contribution in [2.75, 3.05) is 5.32 Å². The average molecular weight is 349 g/mol. The fourth-order valence-corrected chi connectivity index (χ4v) is 2.90. The third-order valence-electron chi connectivity index (χ3n) is 4.15. The summed E-state index contributed by atoms with van der Waals surface area (Å²) in [5.41, 5.74) is 3.64. The van der Waals surface area contributed by atoms with E-state index in [0.717, 1.165) is 11.1 Å². The molecule has 1 unspecified atom stereocenters. The van der Waals surface area contributed by atoms with Crippen molar-refractivity contribution in [3.8, 4) is 5.69 Å². The second-order valence-corrected chi connectivity index (χ2v) is 6.05. The van der Waals surface area contributed by atoms with Gasteiger partial charge in [-0.25, -0.2) is 9.48 Å². The lowest BCUT2D eigenvalue weighted by molar-refractivity contribution is -0.125. The molecular weight excluding hydrogens is 334 g/mol. The summed E-state index contributed by atoms with van der Waals surface area (Å²) in [5, 5.41) is 13.8. The van der Waals surface area contributed by atoms with Gasteiger partial charge in [-0.05, 0) is 47.2 Å². The highest BCUT2D eigenvalue weighted by molar-refractivity contribution is 6.00. The van der Waals surface area contributed by atoms with Gasteiger partial charge in [-0.1, -0.05) is 23.8 Å². The van der Waals surface area contributed by atoms with Crippen molar-refractivity contribution in [3.63, 3.8) is 0 Å². The first kappa shape index (κ1) is 15.9. The Morgan fingerprint density at radius 2 is 2.15 bits per heavy atom. The monoisotopic (exact) mass is 349 g/mol. The number of ether oxygens (including phenoxy) is 1. The quantitative estimate of drug-likeness (QED) is 0.723. The third-order valence-corrected chi connectivity index (χ3v) is 4.15. The lowest BCUT2D eigenvalue weighted by Gasteiger charge is -2.24. The van der Waals surface area contributed by atoms with Crippen LogP contribution in [-0.2, 0) is 16.0 Å². The molecule has 0 fully saturated rings. The molecule has 8 heteroatoms. The molecule has 0 radical (unpaired) electrons. The minimum absolute atomic E-state index is 0.348. The van der Waals surface area contributed by atoms with Gasteiger partial charge in [-0.3, -0.25) is 4.79 Å². The molecular formula is C18H15N5O3. The molecule has 2 heterocycles. The van der Waals surface area contributed by atoms with Crippen LogP contribution in [0.5, 0.6) is 0 Å². The van der Waals surface area contributed by atoms with E-state index in [1.54, 1.807) is 24.3 Å². The van der Waals surface area contributed by atoms with Crippen molar-refractivity contribution in [1.29, 1.82) is 0 Å². The predicted molar refractivity (Wildman–Crippen MR) is 91.9 cm³/mol. The van der Waals surface area contributed by atoms with Crippen LogP contribution in [0, 0.1) is 6.92 Å². The summed E-state index contributed by atoms with van der Waals surface area (Å²) in [6.07, 6.45) is 0.943. The Morgan fingerprint density at radius 3 is 2.96 bits per heavy atom. The first-order valence-corrected chi connectivity index (χ1v) is 8.05. The smallest absolute Gasteiger partial charge is 0.339 e. The highest BCUT2D eigenvalue weighted by atomic mass is 16.5. The number of carbonyl (C=O) groups is 2. The van der Waals surface area contributed by atoms with E-state index in [4.69, 9.17) is 4.74 Å². The number of aryl methyl sites for hydroxylation is 1. The van der Waals surface area contributed by atoms with Crippen molar-refractivity contribution >= 4 is 17.6 Å². The molecule has 1 N–H and O–H groups in total. The van der Waals surface area contributed by atoms with Gasteiger partial charge in [-0.2, -0.15) is 0 Å². The van der Waals surface area contributed by atoms with Crippen molar-refractivity contribution in [1.82, 2.24) is 20.2 Å². The molecule has 2 aromatic carbocycles. The lowest BCUT2D eigenvalue weighted by atomic mass is 9.96. The van der Waals surface area contributed by atoms with Gasteiger partial charge in [0.2, 0.25) is 0 Å². The summed E-state index contributed by atoms with van der Waals surface area (Å²) in [6.45, 7) is 1.94. The van der Waals surface area contributed by atoms with Gasteiger partial charge < -0.3 is 10.1 Å². The van der Waals surface area contributed by atoms with Crippen molar-refractivity contribution < 1.29 is 14.3 Å². The zero-order valence-electron chi connectivity index (χ0n) is 13.9. The first-order chi connectivity index (χ1) is 12.6. The van der Waals surface area contributed by atoms with Gasteiger partial charge >= 0.3 is 5.97 Å². The van der Waals surface area contributed by atoms with Gasteiger partial charge in [0.15, 0.2) is 6.10 Å². The number of benzene rings is 2. The summed E-state index contributed by atoms with van der Waals surface area (Å²) in [6, 6.07) is 12.6. The Kier molecular flexibility index (Phi) is 3.92. The number of esters is 1. The fourth-order valence-electron chi connectivity index (χ4n) is 2.90. The Bertz CT molecular complexity index is 984. The SMILES string of the molecule is Cc1ccc2c(c1)CC(C(=O)Nc1cccc(-n3cnnn3)c1)OC2=O. The van der Waals surface area contributed by atoms with Gasteiger partial charge in [0, 0.05) is 12.1 Å². The maximum atomic E-state index is 12.6. The number of cyclic esters (lactones) is 1. The minimum Gasteiger partial charge on any atom is -0.448 e. The third kappa shape index (κ3) is 3.04. The molecule has 1 atom stereocenters. The van der Waals surface area contributed by atoms with E-state index in [-0.39, 0.29) is 5.91 Å².